The van der Waals surface area contributed by atoms with Gasteiger partial charge in [0.1, 0.15) is 5.02 Å². The average Bonchev–Trinajstić information content (AvgIpc) is 2.99. The van der Waals surface area contributed by atoms with Crippen LogP contribution in [-0.2, 0) is 16.1 Å². The molecule has 2 aromatic carbocycles. The first-order valence-corrected chi connectivity index (χ1v) is 8.79. The maximum absolute atomic E-state index is 12.5. The van der Waals surface area contributed by atoms with Crippen molar-refractivity contribution in [3.05, 3.63) is 68.7 Å². The molecule has 0 bridgehead atoms. The number of benzene rings is 2. The summed E-state index contributed by atoms with van der Waals surface area (Å²) in [7, 11) is 0. The molecule has 0 aliphatic carbocycles. The monoisotopic (exact) mass is 387 g/mol. The molecule has 140 valence electrons. The summed E-state index contributed by atoms with van der Waals surface area (Å²) in [4.78, 5) is 36.7. The van der Waals surface area contributed by atoms with Crippen molar-refractivity contribution >= 4 is 34.8 Å². The molecule has 0 aromatic heterocycles. The van der Waals surface area contributed by atoms with Crippen LogP contribution in [0.15, 0.2) is 42.5 Å². The van der Waals surface area contributed by atoms with Crippen molar-refractivity contribution in [3.8, 4) is 0 Å². The van der Waals surface area contributed by atoms with E-state index in [1.54, 1.807) is 4.90 Å². The summed E-state index contributed by atoms with van der Waals surface area (Å²) in [5.41, 5.74) is 2.14. The van der Waals surface area contributed by atoms with Crippen molar-refractivity contribution in [1.82, 2.24) is 4.90 Å². The van der Waals surface area contributed by atoms with Gasteiger partial charge in [0.25, 0.3) is 5.69 Å². The van der Waals surface area contributed by atoms with Gasteiger partial charge in [-0.1, -0.05) is 41.4 Å². The van der Waals surface area contributed by atoms with E-state index in [9.17, 15) is 19.7 Å². The first kappa shape index (κ1) is 18.8. The van der Waals surface area contributed by atoms with Gasteiger partial charge in [-0.05, 0) is 24.6 Å². The first-order chi connectivity index (χ1) is 12.8. The van der Waals surface area contributed by atoms with Gasteiger partial charge in [0.2, 0.25) is 11.8 Å². The summed E-state index contributed by atoms with van der Waals surface area (Å²) in [6.45, 7) is 2.76. The van der Waals surface area contributed by atoms with Gasteiger partial charge in [0, 0.05) is 31.3 Å². The van der Waals surface area contributed by atoms with Crippen molar-refractivity contribution in [3.63, 3.8) is 0 Å². The molecule has 1 unspecified atom stereocenters. The van der Waals surface area contributed by atoms with Crippen LogP contribution in [-0.4, -0.2) is 28.2 Å². The molecule has 1 atom stereocenters. The third-order valence-electron chi connectivity index (χ3n) is 4.49. The number of carbonyl (C=O) groups is 2. The molecular weight excluding hydrogens is 370 g/mol. The minimum atomic E-state index is -0.611. The molecule has 2 amide bonds. The molecule has 0 radical (unpaired) electrons. The number of likely N-dealkylation sites (tertiary alicyclic amines) is 1. The summed E-state index contributed by atoms with van der Waals surface area (Å²) in [6.07, 6.45) is 0.118. The molecule has 0 saturated carbocycles. The normalized spacial score (nSPS) is 16.4. The van der Waals surface area contributed by atoms with Crippen LogP contribution in [0.2, 0.25) is 5.02 Å². The molecule has 3 rings (SSSR count). The highest BCUT2D eigenvalue weighted by molar-refractivity contribution is 6.32. The van der Waals surface area contributed by atoms with Crippen molar-refractivity contribution in [1.29, 1.82) is 0 Å². The Bertz CT molecular complexity index is 898. The predicted octanol–water partition coefficient (Wildman–Crippen LogP) is 3.54. The van der Waals surface area contributed by atoms with E-state index in [0.29, 0.717) is 13.1 Å². The van der Waals surface area contributed by atoms with E-state index in [4.69, 9.17) is 11.6 Å². The van der Waals surface area contributed by atoms with Gasteiger partial charge in [0.15, 0.2) is 0 Å². The Labute approximate surface area is 161 Å². The molecule has 1 saturated heterocycles. The average molecular weight is 388 g/mol. The number of carbonyl (C=O) groups excluding carboxylic acids is 2. The largest absolute Gasteiger partial charge is 0.338 e. The third-order valence-corrected chi connectivity index (χ3v) is 4.81. The van der Waals surface area contributed by atoms with Gasteiger partial charge in [-0.15, -0.1) is 0 Å². The lowest BCUT2D eigenvalue weighted by Crippen LogP contribution is -2.28. The molecule has 27 heavy (non-hydrogen) atoms. The van der Waals surface area contributed by atoms with Crippen LogP contribution in [0, 0.1) is 23.0 Å². The standard InChI is InChI=1S/C19H18ClN3O4/c1-12-2-4-13(5-3-12)10-22-11-14(8-18(22)24)19(25)21-15-6-7-16(20)17(9-15)23(26)27/h2-7,9,14H,8,10-11H2,1H3,(H,21,25). The Hall–Kier alpha value is -2.93. The molecule has 1 N–H and O–H groups in total. The molecule has 1 aliphatic heterocycles. The summed E-state index contributed by atoms with van der Waals surface area (Å²) in [6, 6.07) is 11.9. The number of halogens is 1. The minimum absolute atomic E-state index is 0.00156. The Balaban J connectivity index is 1.64. The van der Waals surface area contributed by atoms with E-state index in [1.807, 2.05) is 31.2 Å². The number of nitrogens with one attached hydrogen (secondary N) is 1. The molecule has 1 heterocycles. The number of aryl methyl sites for hydroxylation is 1. The minimum Gasteiger partial charge on any atom is -0.338 e. The molecule has 8 heteroatoms. The highest BCUT2D eigenvalue weighted by atomic mass is 35.5. The lowest BCUT2D eigenvalue weighted by Gasteiger charge is -2.17. The van der Waals surface area contributed by atoms with Crippen LogP contribution in [0.5, 0.6) is 0 Å². The second kappa shape index (κ2) is 7.75. The number of hydrogen-bond donors (Lipinski definition) is 1. The quantitative estimate of drug-likeness (QED) is 0.627. The van der Waals surface area contributed by atoms with E-state index in [-0.39, 0.29) is 34.6 Å². The number of rotatable bonds is 5. The number of hydrogen-bond acceptors (Lipinski definition) is 4. The number of nitrogens with zero attached hydrogens (tertiary/aromatic N) is 2. The van der Waals surface area contributed by atoms with Crippen LogP contribution < -0.4 is 5.32 Å². The fourth-order valence-electron chi connectivity index (χ4n) is 2.99. The van der Waals surface area contributed by atoms with E-state index >= 15 is 0 Å². The van der Waals surface area contributed by atoms with Crippen LogP contribution in [0.4, 0.5) is 11.4 Å². The Morgan fingerprint density at radius 2 is 2.00 bits per heavy atom. The SMILES string of the molecule is Cc1ccc(CN2CC(C(=O)Nc3ccc(Cl)c([N+](=O)[O-])c3)CC2=O)cc1. The van der Waals surface area contributed by atoms with Gasteiger partial charge >= 0.3 is 0 Å². The van der Waals surface area contributed by atoms with E-state index in [1.165, 1.54) is 18.2 Å². The zero-order valence-electron chi connectivity index (χ0n) is 14.6. The maximum atomic E-state index is 12.5. The van der Waals surface area contributed by atoms with Gasteiger partial charge in [-0.25, -0.2) is 0 Å². The molecule has 2 aromatic rings. The summed E-state index contributed by atoms with van der Waals surface area (Å²) < 4.78 is 0. The Morgan fingerprint density at radius 1 is 1.30 bits per heavy atom. The number of nitro benzene ring substituents is 1. The van der Waals surface area contributed by atoms with Gasteiger partial charge in [-0.2, -0.15) is 0 Å². The zero-order valence-corrected chi connectivity index (χ0v) is 15.4. The lowest BCUT2D eigenvalue weighted by atomic mass is 10.1. The third kappa shape index (κ3) is 4.43. The molecule has 7 nitrogen and oxygen atoms in total. The summed E-state index contributed by atoms with van der Waals surface area (Å²) in [5, 5.41) is 13.6. The Morgan fingerprint density at radius 3 is 2.67 bits per heavy atom. The van der Waals surface area contributed by atoms with Crippen LogP contribution in [0.3, 0.4) is 0 Å². The topological polar surface area (TPSA) is 92.6 Å². The van der Waals surface area contributed by atoms with Crippen LogP contribution in [0.1, 0.15) is 17.5 Å². The highest BCUT2D eigenvalue weighted by Crippen LogP contribution is 2.28. The first-order valence-electron chi connectivity index (χ1n) is 8.41. The summed E-state index contributed by atoms with van der Waals surface area (Å²) in [5.74, 6) is -0.929. The van der Waals surface area contributed by atoms with E-state index in [2.05, 4.69) is 5.32 Å². The van der Waals surface area contributed by atoms with E-state index < -0.39 is 10.8 Å². The second-order valence-electron chi connectivity index (χ2n) is 6.57. The van der Waals surface area contributed by atoms with Crippen molar-refractivity contribution in [2.75, 3.05) is 11.9 Å². The van der Waals surface area contributed by atoms with Crippen LogP contribution >= 0.6 is 11.6 Å². The highest BCUT2D eigenvalue weighted by Gasteiger charge is 2.34. The predicted molar refractivity (Wildman–Crippen MR) is 101 cm³/mol. The maximum Gasteiger partial charge on any atom is 0.289 e. The zero-order chi connectivity index (χ0) is 19.6. The fourth-order valence-corrected chi connectivity index (χ4v) is 3.18. The second-order valence-corrected chi connectivity index (χ2v) is 6.98. The van der Waals surface area contributed by atoms with Gasteiger partial charge < -0.3 is 10.2 Å². The number of nitro groups is 1. The van der Waals surface area contributed by atoms with Crippen LogP contribution in [0.25, 0.3) is 0 Å². The molecule has 0 spiro atoms. The lowest BCUT2D eigenvalue weighted by molar-refractivity contribution is -0.384. The smallest absolute Gasteiger partial charge is 0.289 e. The molecular formula is C19H18ClN3O4. The van der Waals surface area contributed by atoms with Gasteiger partial charge in [-0.3, -0.25) is 19.7 Å². The van der Waals surface area contributed by atoms with E-state index in [0.717, 1.165) is 11.1 Å². The van der Waals surface area contributed by atoms with Crippen molar-refractivity contribution in [2.24, 2.45) is 5.92 Å². The van der Waals surface area contributed by atoms with Gasteiger partial charge in [0.05, 0.1) is 10.8 Å². The molecule has 1 aliphatic rings. The number of amides is 2. The summed E-state index contributed by atoms with van der Waals surface area (Å²) >= 11 is 5.77. The van der Waals surface area contributed by atoms with Crippen molar-refractivity contribution < 1.29 is 14.5 Å². The fraction of sp³-hybridized carbons (Fsp3) is 0.263. The Kier molecular flexibility index (Phi) is 5.41. The molecule has 1 fully saturated rings. The number of anilines is 1. The van der Waals surface area contributed by atoms with Crippen molar-refractivity contribution in [2.45, 2.75) is 19.9 Å².